The van der Waals surface area contributed by atoms with Gasteiger partial charge in [-0.2, -0.15) is 9.78 Å². The molecule has 9 nitrogen and oxygen atoms in total. The molecule has 0 saturated heterocycles. The molecule has 4 aromatic rings. The van der Waals surface area contributed by atoms with Crippen LogP contribution in [0.1, 0.15) is 22.3 Å². The van der Waals surface area contributed by atoms with Gasteiger partial charge in [-0.3, -0.25) is 14.6 Å². The molecular weight excluding hydrogens is 549 g/mol. The van der Waals surface area contributed by atoms with Gasteiger partial charge >= 0.3 is 0 Å². The number of aromatic nitrogens is 3. The first-order valence-corrected chi connectivity index (χ1v) is 12.8. The molecule has 1 amide bonds. The molecule has 214 valence electrons. The van der Waals surface area contributed by atoms with E-state index in [0.717, 1.165) is 22.9 Å². The van der Waals surface area contributed by atoms with Gasteiger partial charge in [0.05, 0.1) is 5.69 Å². The zero-order valence-corrected chi connectivity index (χ0v) is 22.3. The molecule has 0 fully saturated rings. The van der Waals surface area contributed by atoms with Gasteiger partial charge in [0.15, 0.2) is 11.6 Å². The summed E-state index contributed by atoms with van der Waals surface area (Å²) in [6.07, 6.45) is 8.26. The summed E-state index contributed by atoms with van der Waals surface area (Å²) in [7, 11) is 1.61. The number of benzene rings is 2. The summed E-state index contributed by atoms with van der Waals surface area (Å²) in [6.45, 7) is 0. The van der Waals surface area contributed by atoms with Crippen molar-refractivity contribution in [3.8, 4) is 17.2 Å². The molecule has 1 aliphatic rings. The van der Waals surface area contributed by atoms with E-state index in [1.807, 2.05) is 0 Å². The fraction of sp³-hybridized carbons (Fsp3) is 0.133. The fourth-order valence-electron chi connectivity index (χ4n) is 4.44. The third-order valence-corrected chi connectivity index (χ3v) is 6.51. The number of nitrogens with two attached hydrogens (primary N) is 1. The third kappa shape index (κ3) is 6.23. The Hall–Kier alpha value is -5.23. The van der Waals surface area contributed by atoms with Gasteiger partial charge in [0.2, 0.25) is 0 Å². The Kier molecular flexibility index (Phi) is 8.16. The standard InChI is InChI=1S/C30H25F3N6O3/c1-38(34)28-24(16-18-2-4-19(31)5-3-18)26(13-14-35-28)42-27-11-8-21(17-25(27)33)37-29(40)23-12-15-36-39(30(23)41)22-9-6-20(32)7-10-22/h2,4-15,17-18H,3,16,34H2,1H3,(H,37,40). The van der Waals surface area contributed by atoms with Crippen molar-refractivity contribution in [3.63, 3.8) is 0 Å². The molecule has 0 spiro atoms. The largest absolute Gasteiger partial charge is 0.454 e. The number of pyridine rings is 1. The Morgan fingerprint density at radius 2 is 1.88 bits per heavy atom. The number of allylic oxidation sites excluding steroid dienone is 4. The van der Waals surface area contributed by atoms with E-state index in [0.29, 0.717) is 30.0 Å². The van der Waals surface area contributed by atoms with E-state index < -0.39 is 23.1 Å². The maximum absolute atomic E-state index is 15.2. The molecule has 5 rings (SSSR count). The number of ether oxygens (including phenoxy) is 1. The summed E-state index contributed by atoms with van der Waals surface area (Å²) in [5, 5.41) is 7.77. The van der Waals surface area contributed by atoms with Gasteiger partial charge < -0.3 is 10.1 Å². The number of amides is 1. The summed E-state index contributed by atoms with van der Waals surface area (Å²) in [5.74, 6) is 4.18. The number of hydrazine groups is 1. The molecular formula is C30H25F3N6O3. The van der Waals surface area contributed by atoms with E-state index in [9.17, 15) is 18.4 Å². The number of carbonyl (C=O) groups excluding carboxylic acids is 1. The summed E-state index contributed by atoms with van der Waals surface area (Å²) >= 11 is 0. The van der Waals surface area contributed by atoms with Crippen LogP contribution in [0.5, 0.6) is 11.5 Å². The Morgan fingerprint density at radius 1 is 1.10 bits per heavy atom. The average molecular weight is 575 g/mol. The van der Waals surface area contributed by atoms with Gasteiger partial charge in [0.1, 0.15) is 28.8 Å². The minimum atomic E-state index is -0.788. The second-order valence-corrected chi connectivity index (χ2v) is 9.51. The van der Waals surface area contributed by atoms with Crippen LogP contribution in [-0.2, 0) is 6.42 Å². The van der Waals surface area contributed by atoms with E-state index in [1.165, 1.54) is 59.9 Å². The summed E-state index contributed by atoms with van der Waals surface area (Å²) in [4.78, 5) is 30.1. The van der Waals surface area contributed by atoms with Crippen LogP contribution in [0.25, 0.3) is 5.69 Å². The van der Waals surface area contributed by atoms with Crippen LogP contribution in [0.2, 0.25) is 0 Å². The highest BCUT2D eigenvalue weighted by Gasteiger charge is 2.21. The molecule has 42 heavy (non-hydrogen) atoms. The first-order chi connectivity index (χ1) is 20.2. The smallest absolute Gasteiger partial charge is 0.284 e. The minimum absolute atomic E-state index is 0.0435. The molecule has 0 bridgehead atoms. The van der Waals surface area contributed by atoms with E-state index in [-0.39, 0.29) is 34.4 Å². The lowest BCUT2D eigenvalue weighted by Gasteiger charge is -2.22. The lowest BCUT2D eigenvalue weighted by molar-refractivity contribution is 0.102. The van der Waals surface area contributed by atoms with Gasteiger partial charge in [0, 0.05) is 36.8 Å². The quantitative estimate of drug-likeness (QED) is 0.219. The van der Waals surface area contributed by atoms with E-state index in [2.05, 4.69) is 15.4 Å². The SMILES string of the molecule is CN(N)c1nccc(Oc2ccc(NC(=O)c3ccnn(-c4ccc(F)cc4)c3=O)cc2F)c1CC1C=CC(F)=CC1. The Morgan fingerprint density at radius 3 is 2.57 bits per heavy atom. The summed E-state index contributed by atoms with van der Waals surface area (Å²) in [5.41, 5.74) is -0.0285. The predicted octanol–water partition coefficient (Wildman–Crippen LogP) is 5.23. The highest BCUT2D eigenvalue weighted by atomic mass is 19.1. The Labute approximate surface area is 238 Å². The van der Waals surface area contributed by atoms with Gasteiger partial charge in [0.25, 0.3) is 11.5 Å². The number of hydrogen-bond acceptors (Lipinski definition) is 7. The summed E-state index contributed by atoms with van der Waals surface area (Å²) < 4.78 is 48.8. The van der Waals surface area contributed by atoms with E-state index in [4.69, 9.17) is 10.6 Å². The van der Waals surface area contributed by atoms with Crippen LogP contribution in [0.4, 0.5) is 24.7 Å². The number of nitrogens with one attached hydrogen (secondary N) is 1. The van der Waals surface area contributed by atoms with E-state index in [1.54, 1.807) is 19.2 Å². The maximum Gasteiger partial charge on any atom is 0.284 e. The number of nitrogens with zero attached hydrogens (tertiary/aromatic N) is 4. The topological polar surface area (TPSA) is 115 Å². The second kappa shape index (κ2) is 12.1. The van der Waals surface area contributed by atoms with Crippen LogP contribution >= 0.6 is 0 Å². The molecule has 2 aromatic carbocycles. The van der Waals surface area contributed by atoms with Crippen LogP contribution in [0, 0.1) is 17.6 Å². The third-order valence-electron chi connectivity index (χ3n) is 6.51. The highest BCUT2D eigenvalue weighted by Crippen LogP contribution is 2.35. The number of carbonyl (C=O) groups is 1. The van der Waals surface area contributed by atoms with Crippen LogP contribution in [0.3, 0.4) is 0 Å². The number of rotatable bonds is 8. The summed E-state index contributed by atoms with van der Waals surface area (Å²) in [6, 6.07) is 11.7. The van der Waals surface area contributed by atoms with Crippen molar-refractivity contribution >= 4 is 17.4 Å². The lowest BCUT2D eigenvalue weighted by atomic mass is 9.92. The average Bonchev–Trinajstić information content (AvgIpc) is 2.97. The zero-order chi connectivity index (χ0) is 29.8. The van der Waals surface area contributed by atoms with Gasteiger partial charge in [-0.25, -0.2) is 24.0 Å². The molecule has 0 aliphatic heterocycles. The maximum atomic E-state index is 15.2. The molecule has 2 aromatic heterocycles. The monoisotopic (exact) mass is 574 g/mol. The molecule has 1 unspecified atom stereocenters. The van der Waals surface area contributed by atoms with Gasteiger partial charge in [-0.15, -0.1) is 0 Å². The number of halogens is 3. The molecule has 0 radical (unpaired) electrons. The minimum Gasteiger partial charge on any atom is -0.454 e. The van der Waals surface area contributed by atoms with Crippen molar-refractivity contribution in [2.45, 2.75) is 12.8 Å². The molecule has 0 saturated carbocycles. The van der Waals surface area contributed by atoms with Crippen molar-refractivity contribution < 1.29 is 22.7 Å². The number of hydrogen-bond donors (Lipinski definition) is 2. The normalized spacial score (nSPS) is 14.3. The lowest BCUT2D eigenvalue weighted by Crippen LogP contribution is -2.29. The van der Waals surface area contributed by atoms with Crippen molar-refractivity contribution in [1.82, 2.24) is 14.8 Å². The second-order valence-electron chi connectivity index (χ2n) is 9.51. The van der Waals surface area contributed by atoms with Gasteiger partial charge in [-0.05, 0) is 79.4 Å². The predicted molar refractivity (Wildman–Crippen MR) is 151 cm³/mol. The van der Waals surface area contributed by atoms with Crippen molar-refractivity contribution in [2.75, 3.05) is 17.4 Å². The Bertz CT molecular complexity index is 1750. The van der Waals surface area contributed by atoms with Crippen LogP contribution in [0.15, 0.2) is 95.8 Å². The van der Waals surface area contributed by atoms with Crippen molar-refractivity contribution in [3.05, 3.63) is 124 Å². The molecule has 1 atom stereocenters. The van der Waals surface area contributed by atoms with Crippen LogP contribution < -0.4 is 26.5 Å². The first kappa shape index (κ1) is 28.3. The van der Waals surface area contributed by atoms with Gasteiger partial charge in [-0.1, -0.05) is 6.08 Å². The fourth-order valence-corrected chi connectivity index (χ4v) is 4.44. The molecule has 12 heteroatoms. The first-order valence-electron chi connectivity index (χ1n) is 12.8. The number of anilines is 2. The van der Waals surface area contributed by atoms with Crippen LogP contribution in [-0.4, -0.2) is 27.7 Å². The molecule has 1 aliphatic carbocycles. The van der Waals surface area contributed by atoms with Crippen molar-refractivity contribution in [1.29, 1.82) is 0 Å². The Balaban J connectivity index is 1.35. The van der Waals surface area contributed by atoms with E-state index >= 15 is 4.39 Å². The molecule has 3 N–H and O–H groups in total. The zero-order valence-electron chi connectivity index (χ0n) is 22.3. The highest BCUT2D eigenvalue weighted by molar-refractivity contribution is 6.04. The van der Waals surface area contributed by atoms with Crippen molar-refractivity contribution in [2.24, 2.45) is 11.8 Å². The molecule has 2 heterocycles.